The topological polar surface area (TPSA) is 76.1 Å². The van der Waals surface area contributed by atoms with Crippen LogP contribution in [0.15, 0.2) is 10.6 Å². The van der Waals surface area contributed by atoms with Gasteiger partial charge in [-0.2, -0.15) is 5.26 Å². The Bertz CT molecular complexity index is 364. The van der Waals surface area contributed by atoms with E-state index in [0.717, 1.165) is 0 Å². The minimum Gasteiger partial charge on any atom is -0.468 e. The van der Waals surface area contributed by atoms with E-state index in [9.17, 15) is 4.79 Å². The highest BCUT2D eigenvalue weighted by molar-refractivity contribution is 5.75. The fraction of sp³-hybridized carbons (Fsp3) is 0.444. The Kier molecular flexibility index (Phi) is 3.24. The summed E-state index contributed by atoms with van der Waals surface area (Å²) in [4.78, 5) is 11.1. The second-order valence-electron chi connectivity index (χ2n) is 2.84. The molecule has 5 heteroatoms. The molecule has 0 amide bonds. The summed E-state index contributed by atoms with van der Waals surface area (Å²) in [6, 6.07) is 3.54. The number of nitrogens with zero attached hydrogens (tertiary/aromatic N) is 2. The Morgan fingerprint density at radius 1 is 1.86 bits per heavy atom. The minimum absolute atomic E-state index is 0.223. The zero-order chi connectivity index (χ0) is 10.6. The summed E-state index contributed by atoms with van der Waals surface area (Å²) in [7, 11) is 1.25. The molecule has 1 heterocycles. The van der Waals surface area contributed by atoms with Crippen LogP contribution in [0.2, 0.25) is 0 Å². The lowest BCUT2D eigenvalue weighted by Crippen LogP contribution is -2.16. The lowest BCUT2D eigenvalue weighted by Gasteiger charge is -2.02. The summed E-state index contributed by atoms with van der Waals surface area (Å²) in [5.41, 5.74) is 0.583. The molecular formula is C9H10N2O3. The van der Waals surface area contributed by atoms with E-state index in [1.807, 2.05) is 6.07 Å². The van der Waals surface area contributed by atoms with Gasteiger partial charge in [-0.25, -0.2) is 0 Å². The molecule has 0 saturated carbocycles. The van der Waals surface area contributed by atoms with Gasteiger partial charge >= 0.3 is 5.97 Å². The average molecular weight is 194 g/mol. The lowest BCUT2D eigenvalue weighted by atomic mass is 10.1. The number of aromatic nitrogens is 1. The largest absolute Gasteiger partial charge is 0.468 e. The monoisotopic (exact) mass is 194 g/mol. The number of methoxy groups -OCH3 is 1. The van der Waals surface area contributed by atoms with E-state index < -0.39 is 11.9 Å². The van der Waals surface area contributed by atoms with Crippen molar-refractivity contribution in [3.8, 4) is 6.07 Å². The third-order valence-corrected chi connectivity index (χ3v) is 1.73. The van der Waals surface area contributed by atoms with Crippen LogP contribution in [0.1, 0.15) is 11.5 Å². The van der Waals surface area contributed by atoms with Crippen molar-refractivity contribution in [2.24, 2.45) is 5.92 Å². The summed E-state index contributed by atoms with van der Waals surface area (Å²) >= 11 is 0. The van der Waals surface area contributed by atoms with Crippen LogP contribution in [-0.4, -0.2) is 18.2 Å². The zero-order valence-corrected chi connectivity index (χ0v) is 7.98. The third kappa shape index (κ3) is 2.33. The molecular weight excluding hydrogens is 184 g/mol. The zero-order valence-electron chi connectivity index (χ0n) is 7.98. The number of carbonyl (C=O) groups is 1. The van der Waals surface area contributed by atoms with Crippen LogP contribution in [-0.2, 0) is 16.0 Å². The third-order valence-electron chi connectivity index (χ3n) is 1.73. The molecule has 0 saturated heterocycles. The van der Waals surface area contributed by atoms with Crippen molar-refractivity contribution < 1.29 is 14.1 Å². The highest BCUT2D eigenvalue weighted by atomic mass is 16.5. The van der Waals surface area contributed by atoms with Gasteiger partial charge in [0, 0.05) is 12.5 Å². The molecule has 74 valence electrons. The molecule has 0 aliphatic heterocycles. The summed E-state index contributed by atoms with van der Waals surface area (Å²) in [5, 5.41) is 12.4. The van der Waals surface area contributed by atoms with Crippen LogP contribution in [0.3, 0.4) is 0 Å². The summed E-state index contributed by atoms with van der Waals surface area (Å²) in [6.45, 7) is 1.75. The standard InChI is InChI=1S/C9H10N2O3/c1-6-3-8(11-14-6)4-7(5-10)9(12)13-2/h3,7H,4H2,1-2H3. The van der Waals surface area contributed by atoms with Crippen molar-refractivity contribution in [2.75, 3.05) is 7.11 Å². The van der Waals surface area contributed by atoms with Crippen LogP contribution in [0.5, 0.6) is 0 Å². The molecule has 14 heavy (non-hydrogen) atoms. The first-order valence-electron chi connectivity index (χ1n) is 4.07. The van der Waals surface area contributed by atoms with Gasteiger partial charge < -0.3 is 9.26 Å². The van der Waals surface area contributed by atoms with E-state index in [1.54, 1.807) is 13.0 Å². The number of hydrogen-bond donors (Lipinski definition) is 0. The van der Waals surface area contributed by atoms with Crippen molar-refractivity contribution in [2.45, 2.75) is 13.3 Å². The normalized spacial score (nSPS) is 11.8. The molecule has 0 aliphatic rings. The van der Waals surface area contributed by atoms with Crippen molar-refractivity contribution >= 4 is 5.97 Å². The van der Waals surface area contributed by atoms with Gasteiger partial charge in [0.2, 0.25) is 0 Å². The van der Waals surface area contributed by atoms with E-state index in [2.05, 4.69) is 9.89 Å². The molecule has 0 radical (unpaired) electrons. The van der Waals surface area contributed by atoms with Crippen LogP contribution >= 0.6 is 0 Å². The number of carbonyl (C=O) groups excluding carboxylic acids is 1. The molecule has 0 fully saturated rings. The van der Waals surface area contributed by atoms with E-state index in [-0.39, 0.29) is 6.42 Å². The molecule has 5 nitrogen and oxygen atoms in total. The van der Waals surface area contributed by atoms with Crippen molar-refractivity contribution in [3.63, 3.8) is 0 Å². The molecule has 1 unspecified atom stereocenters. The number of aryl methyl sites for hydroxylation is 1. The van der Waals surface area contributed by atoms with Crippen LogP contribution in [0.4, 0.5) is 0 Å². The average Bonchev–Trinajstić information content (AvgIpc) is 2.59. The second kappa shape index (κ2) is 4.42. The van der Waals surface area contributed by atoms with Crippen molar-refractivity contribution in [1.29, 1.82) is 5.26 Å². The number of ether oxygens (including phenoxy) is 1. The van der Waals surface area contributed by atoms with Gasteiger partial charge in [0.15, 0.2) is 0 Å². The van der Waals surface area contributed by atoms with Gasteiger partial charge in [-0.15, -0.1) is 0 Å². The molecule has 0 spiro atoms. The number of hydrogen-bond acceptors (Lipinski definition) is 5. The number of esters is 1. The molecule has 1 aromatic rings. The number of nitriles is 1. The van der Waals surface area contributed by atoms with Gasteiger partial charge in [0.05, 0.1) is 18.9 Å². The quantitative estimate of drug-likeness (QED) is 0.666. The van der Waals surface area contributed by atoms with E-state index >= 15 is 0 Å². The minimum atomic E-state index is -0.815. The Hall–Kier alpha value is -1.83. The van der Waals surface area contributed by atoms with Crippen LogP contribution < -0.4 is 0 Å². The molecule has 0 aromatic carbocycles. The van der Waals surface area contributed by atoms with Crippen molar-refractivity contribution in [1.82, 2.24) is 5.16 Å². The van der Waals surface area contributed by atoms with Gasteiger partial charge in [0.25, 0.3) is 0 Å². The molecule has 0 N–H and O–H groups in total. The van der Waals surface area contributed by atoms with Gasteiger partial charge in [-0.05, 0) is 6.92 Å². The Morgan fingerprint density at radius 2 is 2.57 bits per heavy atom. The smallest absolute Gasteiger partial charge is 0.323 e. The van der Waals surface area contributed by atoms with Crippen molar-refractivity contribution in [3.05, 3.63) is 17.5 Å². The van der Waals surface area contributed by atoms with E-state index in [0.29, 0.717) is 11.5 Å². The maximum atomic E-state index is 11.1. The molecule has 1 atom stereocenters. The summed E-state index contributed by atoms with van der Waals surface area (Å²) < 4.78 is 9.27. The van der Waals surface area contributed by atoms with E-state index in [1.165, 1.54) is 7.11 Å². The maximum absolute atomic E-state index is 11.1. The molecule has 1 rings (SSSR count). The highest BCUT2D eigenvalue weighted by Crippen LogP contribution is 2.09. The predicted octanol–water partition coefficient (Wildman–Crippen LogP) is 0.838. The van der Waals surface area contributed by atoms with Crippen LogP contribution in [0, 0.1) is 24.2 Å². The second-order valence-corrected chi connectivity index (χ2v) is 2.84. The summed E-state index contributed by atoms with van der Waals surface area (Å²) in [5.74, 6) is -0.709. The highest BCUT2D eigenvalue weighted by Gasteiger charge is 2.20. The van der Waals surface area contributed by atoms with Gasteiger partial charge in [-0.3, -0.25) is 4.79 Å². The molecule has 0 bridgehead atoms. The first kappa shape index (κ1) is 10.3. The Labute approximate surface area is 81.3 Å². The lowest BCUT2D eigenvalue weighted by molar-refractivity contribution is -0.143. The van der Waals surface area contributed by atoms with Crippen LogP contribution in [0.25, 0.3) is 0 Å². The fourth-order valence-corrected chi connectivity index (χ4v) is 1.05. The van der Waals surface area contributed by atoms with Gasteiger partial charge in [-0.1, -0.05) is 5.16 Å². The number of rotatable bonds is 3. The first-order valence-corrected chi connectivity index (χ1v) is 4.07. The maximum Gasteiger partial charge on any atom is 0.323 e. The SMILES string of the molecule is COC(=O)C(C#N)Cc1cc(C)on1. The van der Waals surface area contributed by atoms with E-state index in [4.69, 9.17) is 9.78 Å². The molecule has 0 aliphatic carbocycles. The Morgan fingerprint density at radius 3 is 3.00 bits per heavy atom. The Balaban J connectivity index is 2.67. The predicted molar refractivity (Wildman–Crippen MR) is 46.1 cm³/mol. The fourth-order valence-electron chi connectivity index (χ4n) is 1.05. The summed E-state index contributed by atoms with van der Waals surface area (Å²) in [6.07, 6.45) is 0.223. The van der Waals surface area contributed by atoms with Gasteiger partial charge in [0.1, 0.15) is 11.7 Å². The first-order chi connectivity index (χ1) is 6.67. The molecule has 1 aromatic heterocycles.